The third-order valence-corrected chi connectivity index (χ3v) is 7.76. The molecule has 1 aromatic rings. The van der Waals surface area contributed by atoms with Crippen molar-refractivity contribution in [3.63, 3.8) is 0 Å². The lowest BCUT2D eigenvalue weighted by molar-refractivity contribution is 0.00726. The van der Waals surface area contributed by atoms with Crippen molar-refractivity contribution in [1.29, 1.82) is 0 Å². The maximum absolute atomic E-state index is 12.8. The zero-order valence-electron chi connectivity index (χ0n) is 17.1. The minimum atomic E-state index is -1.15. The second kappa shape index (κ2) is 7.12. The van der Waals surface area contributed by atoms with Crippen LogP contribution in [0.2, 0.25) is 0 Å². The average Bonchev–Trinajstić information content (AvgIpc) is 3.07. The molecule has 1 fully saturated rings. The van der Waals surface area contributed by atoms with E-state index in [2.05, 4.69) is 9.71 Å². The summed E-state index contributed by atoms with van der Waals surface area (Å²) < 4.78 is 21.4. The molecule has 152 valence electrons. The molecule has 3 rings (SSSR count). The van der Waals surface area contributed by atoms with Crippen LogP contribution in [-0.2, 0) is 22.1 Å². The van der Waals surface area contributed by atoms with Crippen molar-refractivity contribution in [3.05, 3.63) is 16.1 Å². The number of thiazole rings is 1. The molecule has 1 unspecified atom stereocenters. The summed E-state index contributed by atoms with van der Waals surface area (Å²) in [5.41, 5.74) is 2.48. The zero-order valence-corrected chi connectivity index (χ0v) is 18.8. The molecule has 1 spiro atoms. The van der Waals surface area contributed by atoms with Gasteiger partial charge in [-0.15, -0.1) is 11.3 Å². The Morgan fingerprint density at radius 1 is 1.30 bits per heavy atom. The number of aromatic nitrogens is 1. The van der Waals surface area contributed by atoms with Crippen LogP contribution >= 0.6 is 11.3 Å². The molecule has 1 N–H and O–H groups in total. The predicted octanol–water partition coefficient (Wildman–Crippen LogP) is 3.81. The molecule has 6 nitrogen and oxygen atoms in total. The fraction of sp³-hybridized carbons (Fsp3) is 0.789. The normalized spacial score (nSPS) is 23.3. The topological polar surface area (TPSA) is 71.5 Å². The number of amides is 1. The van der Waals surface area contributed by atoms with Crippen molar-refractivity contribution in [2.45, 2.75) is 77.2 Å². The van der Waals surface area contributed by atoms with Crippen molar-refractivity contribution in [1.82, 2.24) is 14.6 Å². The lowest BCUT2D eigenvalue weighted by Gasteiger charge is -2.43. The zero-order chi connectivity index (χ0) is 20.0. The van der Waals surface area contributed by atoms with E-state index in [9.17, 15) is 9.00 Å². The highest BCUT2D eigenvalue weighted by Crippen LogP contribution is 2.53. The number of ether oxygens (including phenoxy) is 1. The van der Waals surface area contributed by atoms with E-state index in [1.54, 1.807) is 16.2 Å². The van der Waals surface area contributed by atoms with Gasteiger partial charge in [0.05, 0.1) is 33.0 Å². The summed E-state index contributed by atoms with van der Waals surface area (Å²) in [5.74, 6) is 0. The average molecular weight is 414 g/mol. The quantitative estimate of drug-likeness (QED) is 0.800. The van der Waals surface area contributed by atoms with Crippen molar-refractivity contribution in [2.75, 3.05) is 13.1 Å². The van der Waals surface area contributed by atoms with Crippen LogP contribution in [0.4, 0.5) is 4.79 Å². The summed E-state index contributed by atoms with van der Waals surface area (Å²) in [6, 6.07) is 0.0286. The lowest BCUT2D eigenvalue weighted by atomic mass is 9.74. The van der Waals surface area contributed by atoms with Gasteiger partial charge in [0.25, 0.3) is 0 Å². The second-order valence-electron chi connectivity index (χ2n) is 9.60. The summed E-state index contributed by atoms with van der Waals surface area (Å²) in [4.78, 5) is 20.0. The molecule has 1 aromatic heterocycles. The molecule has 0 radical (unpaired) electrons. The number of hydrogen-bond acceptors (Lipinski definition) is 5. The second-order valence-corrected chi connectivity index (χ2v) is 12.5. The first-order chi connectivity index (χ1) is 12.4. The maximum Gasteiger partial charge on any atom is 0.410 e. The minimum Gasteiger partial charge on any atom is -0.444 e. The highest BCUT2D eigenvalue weighted by Gasteiger charge is 2.51. The monoisotopic (exact) mass is 413 g/mol. The Bertz CT molecular complexity index is 725. The largest absolute Gasteiger partial charge is 0.444 e. The summed E-state index contributed by atoms with van der Waals surface area (Å²) in [6.45, 7) is 12.9. The van der Waals surface area contributed by atoms with Crippen LogP contribution in [0, 0.1) is 5.41 Å². The molecule has 0 aromatic carbocycles. The van der Waals surface area contributed by atoms with Gasteiger partial charge in [-0.05, 0) is 60.8 Å². The van der Waals surface area contributed by atoms with Crippen LogP contribution in [0.15, 0.2) is 5.51 Å². The van der Waals surface area contributed by atoms with Gasteiger partial charge in [0.2, 0.25) is 0 Å². The van der Waals surface area contributed by atoms with Crippen LogP contribution < -0.4 is 4.72 Å². The molecule has 0 saturated carbocycles. The van der Waals surface area contributed by atoms with Crippen LogP contribution in [-0.4, -0.2) is 43.6 Å². The molecule has 2 aliphatic rings. The first kappa shape index (κ1) is 20.7. The lowest BCUT2D eigenvalue weighted by Crippen LogP contribution is -2.49. The Labute approximate surface area is 168 Å². The first-order valence-corrected chi connectivity index (χ1v) is 11.5. The number of hydrogen-bond donors (Lipinski definition) is 1. The standard InChI is InChI=1S/C19H31N3O3S2/c1-17(2,3)25-16(23)22-9-7-19(8-10-22)11-13-14(26-12-20-13)15(19)21-27(24)18(4,5)6/h12,15,21H,7-11H2,1-6H3/t15-,27?/m1/s1. The van der Waals surface area contributed by atoms with Gasteiger partial charge in [0.1, 0.15) is 5.60 Å². The fourth-order valence-corrected chi connectivity index (χ4v) is 5.76. The van der Waals surface area contributed by atoms with E-state index < -0.39 is 16.6 Å². The van der Waals surface area contributed by atoms with E-state index in [4.69, 9.17) is 4.74 Å². The fourth-order valence-electron chi connectivity index (χ4n) is 3.75. The molecule has 1 saturated heterocycles. The molecule has 2 atom stereocenters. The predicted molar refractivity (Wildman–Crippen MR) is 109 cm³/mol. The highest BCUT2D eigenvalue weighted by molar-refractivity contribution is 7.84. The van der Waals surface area contributed by atoms with Gasteiger partial charge >= 0.3 is 6.09 Å². The van der Waals surface area contributed by atoms with Crippen LogP contribution in [0.25, 0.3) is 0 Å². The molecule has 1 aliphatic heterocycles. The van der Waals surface area contributed by atoms with E-state index in [1.165, 1.54) is 4.88 Å². The number of carbonyl (C=O) groups excluding carboxylic acids is 1. The van der Waals surface area contributed by atoms with Crippen LogP contribution in [0.3, 0.4) is 0 Å². The van der Waals surface area contributed by atoms with Crippen molar-refractivity contribution >= 4 is 28.4 Å². The van der Waals surface area contributed by atoms with Gasteiger partial charge < -0.3 is 9.64 Å². The van der Waals surface area contributed by atoms with Gasteiger partial charge in [0.15, 0.2) is 0 Å². The van der Waals surface area contributed by atoms with Crippen LogP contribution in [0.1, 0.15) is 71.0 Å². The summed E-state index contributed by atoms with van der Waals surface area (Å²) in [7, 11) is -1.15. The third kappa shape index (κ3) is 4.38. The number of fused-ring (bicyclic) bond motifs is 1. The number of nitrogens with one attached hydrogen (secondary N) is 1. The molecule has 27 heavy (non-hydrogen) atoms. The van der Waals surface area contributed by atoms with E-state index in [0.717, 1.165) is 25.0 Å². The summed E-state index contributed by atoms with van der Waals surface area (Å²) in [6.07, 6.45) is 2.35. The molecule has 8 heteroatoms. The third-order valence-electron chi connectivity index (χ3n) is 5.26. The highest BCUT2D eigenvalue weighted by atomic mass is 32.2. The number of likely N-dealkylation sites (tertiary alicyclic amines) is 1. The molecule has 0 bridgehead atoms. The first-order valence-electron chi connectivity index (χ1n) is 9.50. The number of carbonyl (C=O) groups is 1. The minimum absolute atomic E-state index is 0.0286. The Hall–Kier alpha value is -0.990. The number of nitrogens with zero attached hydrogens (tertiary/aromatic N) is 2. The van der Waals surface area contributed by atoms with E-state index >= 15 is 0 Å². The van der Waals surface area contributed by atoms with Crippen LogP contribution in [0.5, 0.6) is 0 Å². The molecule has 1 amide bonds. The van der Waals surface area contributed by atoms with Gasteiger partial charge in [-0.2, -0.15) is 0 Å². The van der Waals surface area contributed by atoms with E-state index in [-0.39, 0.29) is 22.3 Å². The Balaban J connectivity index is 1.74. The maximum atomic E-state index is 12.8. The van der Waals surface area contributed by atoms with Gasteiger partial charge in [-0.1, -0.05) is 0 Å². The molecular formula is C19H31N3O3S2. The van der Waals surface area contributed by atoms with Gasteiger partial charge in [-0.25, -0.2) is 18.7 Å². The number of piperidine rings is 1. The molecule has 1 aliphatic carbocycles. The van der Waals surface area contributed by atoms with Crippen molar-refractivity contribution in [2.24, 2.45) is 5.41 Å². The Morgan fingerprint density at radius 3 is 2.48 bits per heavy atom. The summed E-state index contributed by atoms with van der Waals surface area (Å²) in [5, 5.41) is 0. The van der Waals surface area contributed by atoms with E-state index in [1.807, 2.05) is 47.1 Å². The van der Waals surface area contributed by atoms with Gasteiger partial charge in [-0.3, -0.25) is 0 Å². The van der Waals surface area contributed by atoms with Crippen molar-refractivity contribution in [3.8, 4) is 0 Å². The van der Waals surface area contributed by atoms with Crippen molar-refractivity contribution < 1.29 is 13.7 Å². The van der Waals surface area contributed by atoms with Gasteiger partial charge in [0, 0.05) is 23.4 Å². The number of rotatable bonds is 2. The SMILES string of the molecule is CC(C)(C)OC(=O)N1CCC2(CC1)Cc1ncsc1[C@H]2NS(=O)C(C)(C)C. The molecular weight excluding hydrogens is 382 g/mol. The Morgan fingerprint density at radius 2 is 1.93 bits per heavy atom. The van der Waals surface area contributed by atoms with E-state index in [0.29, 0.717) is 13.1 Å². The smallest absolute Gasteiger partial charge is 0.410 e. The molecule has 2 heterocycles. The summed E-state index contributed by atoms with van der Waals surface area (Å²) >= 11 is 1.64. The Kier molecular flexibility index (Phi) is 5.47.